The van der Waals surface area contributed by atoms with Gasteiger partial charge in [0.15, 0.2) is 11.3 Å². The summed E-state index contributed by atoms with van der Waals surface area (Å²) < 4.78 is 3.91. The van der Waals surface area contributed by atoms with Crippen molar-refractivity contribution >= 4 is 17.4 Å². The maximum atomic E-state index is 6.56. The Balaban J connectivity index is 0.000000146. The van der Waals surface area contributed by atoms with Crippen LogP contribution in [-0.4, -0.2) is 49.6 Å². The first-order chi connectivity index (χ1) is 32.3. The third-order valence-electron chi connectivity index (χ3n) is 13.4. The molecule has 6 aromatic heterocycles. The maximum Gasteiger partial charge on any atom is 0.164 e. The Bertz CT molecular complexity index is 3300. The van der Waals surface area contributed by atoms with Gasteiger partial charge in [0.05, 0.1) is 34.2 Å². The second kappa shape index (κ2) is 16.6. The number of aromatic nitrogens is 10. The molecule has 6 heterocycles. The molecule has 2 fully saturated rings. The van der Waals surface area contributed by atoms with Crippen molar-refractivity contribution < 1.29 is 0 Å². The van der Waals surface area contributed by atoms with Crippen LogP contribution in [-0.2, 0) is 17.5 Å². The summed E-state index contributed by atoms with van der Waals surface area (Å²) in [7, 11) is 0. The zero-order valence-electron chi connectivity index (χ0n) is 36.8. The fraction of sp³-hybridized carbons (Fsp3) is 0.185. The number of nitrogens with one attached hydrogen (secondary N) is 2. The van der Waals surface area contributed by atoms with E-state index in [1.54, 1.807) is 18.5 Å². The minimum absolute atomic E-state index is 0.176. The van der Waals surface area contributed by atoms with Crippen molar-refractivity contribution in [2.24, 2.45) is 11.5 Å². The average Bonchev–Trinajstić information content (AvgIpc) is 4.20. The zero-order chi connectivity index (χ0) is 44.8. The van der Waals surface area contributed by atoms with E-state index in [4.69, 9.17) is 31.6 Å². The molecule has 0 atom stereocenters. The summed E-state index contributed by atoms with van der Waals surface area (Å²) in [5, 5.41) is 24.3. The van der Waals surface area contributed by atoms with Crippen molar-refractivity contribution in [1.82, 2.24) is 49.6 Å². The van der Waals surface area contributed by atoms with E-state index < -0.39 is 0 Å². The third kappa shape index (κ3) is 7.20. The molecule has 2 aliphatic carbocycles. The summed E-state index contributed by atoms with van der Waals surface area (Å²) in [6.45, 7) is 6.06. The second-order valence-electron chi connectivity index (χ2n) is 17.5. The highest BCUT2D eigenvalue weighted by Gasteiger charge is 2.35. The lowest BCUT2D eigenvalue weighted by Gasteiger charge is -2.38. The predicted octanol–water partition coefficient (Wildman–Crippen LogP) is 10.8. The fourth-order valence-corrected chi connectivity index (χ4v) is 9.32. The lowest BCUT2D eigenvalue weighted by molar-refractivity contribution is 0.253. The van der Waals surface area contributed by atoms with Gasteiger partial charge in [0, 0.05) is 56.9 Å². The van der Waals surface area contributed by atoms with Crippen LogP contribution < -0.4 is 11.5 Å². The van der Waals surface area contributed by atoms with Crippen LogP contribution in [0.2, 0.25) is 0 Å². The maximum absolute atomic E-state index is 6.56. The van der Waals surface area contributed by atoms with E-state index in [0.29, 0.717) is 0 Å². The van der Waals surface area contributed by atoms with Crippen LogP contribution in [0.1, 0.15) is 68.0 Å². The number of aryl methyl sites for hydroxylation is 1. The summed E-state index contributed by atoms with van der Waals surface area (Å²) in [6, 6.07) is 45.8. The van der Waals surface area contributed by atoms with E-state index in [1.165, 1.54) is 24.0 Å². The SMILES string of the molecule is C=Cc1cc(-c2ccn[nH]2)c2nc(-c3ccc(C4(N)CCC4)cc3)c(-c3ccccc3)n2n1.CCc1cc(-c2ccn[nH]2)c2nc(-c3ccc(C4(N)CCC4)cc3)c(-c3ccccc3)n2n1. The highest BCUT2D eigenvalue weighted by atomic mass is 15.3. The van der Waals surface area contributed by atoms with Crippen LogP contribution >= 0.6 is 0 Å². The third-order valence-corrected chi connectivity index (χ3v) is 13.4. The average molecular weight is 867 g/mol. The molecule has 6 N–H and O–H groups in total. The Morgan fingerprint density at radius 1 is 0.576 bits per heavy atom. The number of aromatic amines is 2. The van der Waals surface area contributed by atoms with Gasteiger partial charge < -0.3 is 11.5 Å². The van der Waals surface area contributed by atoms with Gasteiger partial charge in [-0.2, -0.15) is 20.4 Å². The van der Waals surface area contributed by atoms with E-state index in [0.717, 1.165) is 122 Å². The van der Waals surface area contributed by atoms with Gasteiger partial charge in [0.2, 0.25) is 0 Å². The molecule has 10 aromatic rings. The van der Waals surface area contributed by atoms with Gasteiger partial charge in [0.25, 0.3) is 0 Å². The Morgan fingerprint density at radius 2 is 1.03 bits per heavy atom. The molecule has 0 aliphatic heterocycles. The molecule has 0 unspecified atom stereocenters. The van der Waals surface area contributed by atoms with E-state index in [9.17, 15) is 0 Å². The molecule has 0 saturated heterocycles. The van der Waals surface area contributed by atoms with Crippen molar-refractivity contribution in [2.45, 2.75) is 62.9 Å². The first-order valence-corrected chi connectivity index (χ1v) is 22.7. The molecule has 0 amide bonds. The van der Waals surface area contributed by atoms with E-state index >= 15 is 0 Å². The molecule has 2 aliphatic rings. The molecule has 12 rings (SSSR count). The summed E-state index contributed by atoms with van der Waals surface area (Å²) >= 11 is 0. The molecular formula is C54H50N12. The van der Waals surface area contributed by atoms with Gasteiger partial charge in [-0.25, -0.2) is 19.0 Å². The second-order valence-corrected chi connectivity index (χ2v) is 17.5. The predicted molar refractivity (Wildman–Crippen MR) is 262 cm³/mol. The lowest BCUT2D eigenvalue weighted by atomic mass is 9.72. The number of hydrogen-bond donors (Lipinski definition) is 4. The molecule has 12 nitrogen and oxygen atoms in total. The van der Waals surface area contributed by atoms with Gasteiger partial charge in [-0.15, -0.1) is 0 Å². The summed E-state index contributed by atoms with van der Waals surface area (Å²) in [6.07, 6.45) is 12.6. The van der Waals surface area contributed by atoms with Gasteiger partial charge in [-0.05, 0) is 86.4 Å². The van der Waals surface area contributed by atoms with Crippen LogP contribution in [0.15, 0.2) is 152 Å². The summed E-state index contributed by atoms with van der Waals surface area (Å²) in [4.78, 5) is 10.2. The van der Waals surface area contributed by atoms with Gasteiger partial charge >= 0.3 is 0 Å². The van der Waals surface area contributed by atoms with Crippen LogP contribution in [0, 0.1) is 0 Å². The van der Waals surface area contributed by atoms with Crippen LogP contribution in [0.25, 0.3) is 84.9 Å². The highest BCUT2D eigenvalue weighted by molar-refractivity contribution is 5.88. The quantitative estimate of drug-likeness (QED) is 0.105. The van der Waals surface area contributed by atoms with Gasteiger partial charge in [-0.1, -0.05) is 123 Å². The highest BCUT2D eigenvalue weighted by Crippen LogP contribution is 2.42. The minimum Gasteiger partial charge on any atom is -0.321 e. The van der Waals surface area contributed by atoms with Crippen LogP contribution in [0.5, 0.6) is 0 Å². The number of fused-ring (bicyclic) bond motifs is 2. The van der Waals surface area contributed by atoms with Crippen molar-refractivity contribution in [2.75, 3.05) is 0 Å². The van der Waals surface area contributed by atoms with E-state index in [1.807, 2.05) is 51.5 Å². The Morgan fingerprint density at radius 3 is 1.42 bits per heavy atom. The number of hydrogen-bond acceptors (Lipinski definition) is 8. The van der Waals surface area contributed by atoms with Crippen LogP contribution in [0.4, 0.5) is 0 Å². The molecule has 0 radical (unpaired) electrons. The van der Waals surface area contributed by atoms with Crippen molar-refractivity contribution in [1.29, 1.82) is 0 Å². The molecule has 2 saturated carbocycles. The largest absolute Gasteiger partial charge is 0.321 e. The van der Waals surface area contributed by atoms with E-state index in [-0.39, 0.29) is 11.1 Å². The van der Waals surface area contributed by atoms with E-state index in [2.05, 4.69) is 125 Å². The number of H-pyrrole nitrogens is 2. The number of imidazole rings is 2. The number of nitrogens with zero attached hydrogens (tertiary/aromatic N) is 8. The smallest absolute Gasteiger partial charge is 0.164 e. The topological polar surface area (TPSA) is 170 Å². The first kappa shape index (κ1) is 40.9. The van der Waals surface area contributed by atoms with Crippen LogP contribution in [0.3, 0.4) is 0 Å². The fourth-order valence-electron chi connectivity index (χ4n) is 9.32. The molecule has 0 spiro atoms. The summed E-state index contributed by atoms with van der Waals surface area (Å²) in [5.41, 5.74) is 30.1. The van der Waals surface area contributed by atoms with Gasteiger partial charge in [-0.3, -0.25) is 10.2 Å². The zero-order valence-corrected chi connectivity index (χ0v) is 36.8. The van der Waals surface area contributed by atoms with Gasteiger partial charge in [0.1, 0.15) is 11.4 Å². The number of nitrogens with two attached hydrogens (primary N) is 2. The molecule has 0 bridgehead atoms. The standard InChI is InChI=1S/C27H26N6.C27H24N6/c2*1-2-21-17-22(23-13-16-29-31-23)26-30-24(25(33(26)32-21)19-7-4-3-5-8-19)18-9-11-20(12-10-18)27(28)14-6-15-27/h3-5,7-13,16-17H,2,6,14-15,28H2,1H3,(H,29,31);2-5,7-13,16-17H,1,6,14-15,28H2,(H,29,31). The molecule has 66 heavy (non-hydrogen) atoms. The Hall–Kier alpha value is -7.80. The normalized spacial score (nSPS) is 14.9. The number of benzene rings is 4. The molecule has 4 aromatic carbocycles. The minimum atomic E-state index is -0.187. The molecular weight excluding hydrogens is 817 g/mol. The molecule has 326 valence electrons. The lowest BCUT2D eigenvalue weighted by Crippen LogP contribution is -2.43. The van der Waals surface area contributed by atoms with Crippen molar-refractivity contribution in [3.8, 4) is 67.5 Å². The monoisotopic (exact) mass is 866 g/mol. The Labute approximate surface area is 382 Å². The van der Waals surface area contributed by atoms with Crippen molar-refractivity contribution in [3.63, 3.8) is 0 Å². The molecule has 12 heteroatoms. The summed E-state index contributed by atoms with van der Waals surface area (Å²) in [5.74, 6) is 0. The first-order valence-electron chi connectivity index (χ1n) is 22.7. The number of rotatable bonds is 10. The Kier molecular flexibility index (Phi) is 10.3. The van der Waals surface area contributed by atoms with Crippen molar-refractivity contribution in [3.05, 3.63) is 175 Å².